The lowest BCUT2D eigenvalue weighted by atomic mass is 9.93. The highest BCUT2D eigenvalue weighted by atomic mass is 16.5. The Balaban J connectivity index is 3.12. The van der Waals surface area contributed by atoms with Crippen LogP contribution in [0.15, 0.2) is 18.2 Å². The quantitative estimate of drug-likeness (QED) is 0.873. The van der Waals surface area contributed by atoms with E-state index >= 15 is 0 Å². The Labute approximate surface area is 109 Å². The molecule has 1 unspecified atom stereocenters. The third-order valence-corrected chi connectivity index (χ3v) is 3.03. The fraction of sp³-hybridized carbons (Fsp3) is 0.533. The summed E-state index contributed by atoms with van der Waals surface area (Å²) in [7, 11) is 1.62. The summed E-state index contributed by atoms with van der Waals surface area (Å²) >= 11 is 0. The van der Waals surface area contributed by atoms with Crippen LogP contribution in [0.25, 0.3) is 0 Å². The van der Waals surface area contributed by atoms with Crippen LogP contribution in [0.2, 0.25) is 0 Å². The average molecular weight is 250 g/mol. The Morgan fingerprint density at radius 1 is 1.22 bits per heavy atom. The number of benzene rings is 1. The van der Waals surface area contributed by atoms with Crippen LogP contribution in [0.4, 0.5) is 0 Å². The van der Waals surface area contributed by atoms with Crippen molar-refractivity contribution < 1.29 is 14.6 Å². The SMILES string of the molecule is COc1ccc(C(O)C(=O)C(C)C)cc1C(C)C. The number of ether oxygens (including phenoxy) is 1. The molecule has 0 amide bonds. The van der Waals surface area contributed by atoms with E-state index in [-0.39, 0.29) is 17.6 Å². The smallest absolute Gasteiger partial charge is 0.168 e. The zero-order chi connectivity index (χ0) is 13.9. The lowest BCUT2D eigenvalue weighted by Gasteiger charge is -2.17. The van der Waals surface area contributed by atoms with Crippen molar-refractivity contribution in [3.8, 4) is 5.75 Å². The van der Waals surface area contributed by atoms with Gasteiger partial charge in [0.25, 0.3) is 0 Å². The molecule has 0 bridgehead atoms. The van der Waals surface area contributed by atoms with Crippen molar-refractivity contribution in [3.05, 3.63) is 29.3 Å². The minimum absolute atomic E-state index is 0.158. The van der Waals surface area contributed by atoms with Gasteiger partial charge in [0.05, 0.1) is 7.11 Å². The molecule has 3 nitrogen and oxygen atoms in total. The summed E-state index contributed by atoms with van der Waals surface area (Å²) in [6.07, 6.45) is -1.05. The average Bonchev–Trinajstić information content (AvgIpc) is 2.35. The second kappa shape index (κ2) is 6.01. The summed E-state index contributed by atoms with van der Waals surface area (Å²) in [6.45, 7) is 7.69. The first-order valence-electron chi connectivity index (χ1n) is 6.28. The van der Waals surface area contributed by atoms with Crippen molar-refractivity contribution in [2.75, 3.05) is 7.11 Å². The van der Waals surface area contributed by atoms with Crippen LogP contribution in [0.3, 0.4) is 0 Å². The van der Waals surface area contributed by atoms with E-state index in [4.69, 9.17) is 4.74 Å². The first-order valence-corrected chi connectivity index (χ1v) is 6.28. The van der Waals surface area contributed by atoms with Gasteiger partial charge in [-0.3, -0.25) is 4.79 Å². The van der Waals surface area contributed by atoms with Gasteiger partial charge in [-0.1, -0.05) is 33.8 Å². The molecule has 0 aliphatic heterocycles. The molecule has 3 heteroatoms. The van der Waals surface area contributed by atoms with E-state index in [0.29, 0.717) is 5.56 Å². The Morgan fingerprint density at radius 3 is 2.28 bits per heavy atom. The van der Waals surface area contributed by atoms with Gasteiger partial charge in [0, 0.05) is 5.92 Å². The largest absolute Gasteiger partial charge is 0.496 e. The van der Waals surface area contributed by atoms with Crippen LogP contribution in [0.5, 0.6) is 5.75 Å². The summed E-state index contributed by atoms with van der Waals surface area (Å²) in [6, 6.07) is 5.41. The van der Waals surface area contributed by atoms with Crippen LogP contribution < -0.4 is 4.74 Å². The molecule has 0 aromatic heterocycles. The monoisotopic (exact) mass is 250 g/mol. The maximum Gasteiger partial charge on any atom is 0.168 e. The van der Waals surface area contributed by atoms with Crippen molar-refractivity contribution in [2.45, 2.75) is 39.7 Å². The van der Waals surface area contributed by atoms with E-state index in [0.717, 1.165) is 11.3 Å². The Hall–Kier alpha value is -1.35. The number of rotatable bonds is 5. The predicted octanol–water partition coefficient (Wildman–Crippen LogP) is 3.08. The molecule has 0 saturated carbocycles. The van der Waals surface area contributed by atoms with Crippen molar-refractivity contribution in [2.24, 2.45) is 5.92 Å². The van der Waals surface area contributed by atoms with Gasteiger partial charge >= 0.3 is 0 Å². The van der Waals surface area contributed by atoms with Gasteiger partial charge in [-0.05, 0) is 29.2 Å². The molecule has 0 radical (unpaired) electrons. The predicted molar refractivity (Wildman–Crippen MR) is 71.9 cm³/mol. The molecule has 1 N–H and O–H groups in total. The fourth-order valence-corrected chi connectivity index (χ4v) is 1.85. The highest BCUT2D eigenvalue weighted by molar-refractivity contribution is 5.85. The third-order valence-electron chi connectivity index (χ3n) is 3.03. The Kier molecular flexibility index (Phi) is 4.91. The van der Waals surface area contributed by atoms with Gasteiger partial charge in [0.2, 0.25) is 0 Å². The number of hydrogen-bond donors (Lipinski definition) is 1. The van der Waals surface area contributed by atoms with Crippen LogP contribution in [-0.4, -0.2) is 18.0 Å². The number of ketones is 1. The molecule has 1 rings (SSSR count). The third kappa shape index (κ3) is 3.10. The first kappa shape index (κ1) is 14.7. The normalized spacial score (nSPS) is 12.9. The molecule has 100 valence electrons. The molecule has 0 saturated heterocycles. The van der Waals surface area contributed by atoms with E-state index < -0.39 is 6.10 Å². The number of methoxy groups -OCH3 is 1. The number of aliphatic hydroxyl groups is 1. The topological polar surface area (TPSA) is 46.5 Å². The van der Waals surface area contributed by atoms with Gasteiger partial charge in [-0.15, -0.1) is 0 Å². The van der Waals surface area contributed by atoms with E-state index in [2.05, 4.69) is 13.8 Å². The summed E-state index contributed by atoms with van der Waals surface area (Å²) in [5, 5.41) is 10.0. The minimum Gasteiger partial charge on any atom is -0.496 e. The number of hydrogen-bond acceptors (Lipinski definition) is 3. The number of Topliss-reactive ketones (excluding diaryl/α,β-unsaturated/α-hetero) is 1. The molecular weight excluding hydrogens is 228 g/mol. The minimum atomic E-state index is -1.05. The van der Waals surface area contributed by atoms with Crippen LogP contribution in [0.1, 0.15) is 50.8 Å². The van der Waals surface area contributed by atoms with Gasteiger partial charge in [0.1, 0.15) is 11.9 Å². The van der Waals surface area contributed by atoms with E-state index in [1.807, 2.05) is 12.1 Å². The van der Waals surface area contributed by atoms with Gasteiger partial charge in [-0.2, -0.15) is 0 Å². The van der Waals surface area contributed by atoms with Gasteiger partial charge in [-0.25, -0.2) is 0 Å². The second-order valence-corrected chi connectivity index (χ2v) is 5.12. The number of aliphatic hydroxyl groups excluding tert-OH is 1. The lowest BCUT2D eigenvalue weighted by molar-refractivity contribution is -0.130. The Morgan fingerprint density at radius 2 is 1.83 bits per heavy atom. The zero-order valence-electron chi connectivity index (χ0n) is 11.7. The van der Waals surface area contributed by atoms with E-state index in [9.17, 15) is 9.90 Å². The molecule has 0 spiro atoms. The van der Waals surface area contributed by atoms with E-state index in [1.165, 1.54) is 0 Å². The fourth-order valence-electron chi connectivity index (χ4n) is 1.85. The summed E-state index contributed by atoms with van der Waals surface area (Å²) < 4.78 is 5.28. The Bertz CT molecular complexity index is 422. The van der Waals surface area contributed by atoms with Crippen molar-refractivity contribution in [1.29, 1.82) is 0 Å². The van der Waals surface area contributed by atoms with Crippen LogP contribution in [0, 0.1) is 5.92 Å². The summed E-state index contributed by atoms with van der Waals surface area (Å²) in [4.78, 5) is 11.8. The number of carbonyl (C=O) groups excluding carboxylic acids is 1. The molecular formula is C15H22O3. The standard InChI is InChI=1S/C15H22O3/c1-9(2)12-8-11(6-7-13(12)18-5)15(17)14(16)10(3)4/h6-10,15,17H,1-5H3. The zero-order valence-corrected chi connectivity index (χ0v) is 11.7. The molecule has 1 aromatic rings. The molecule has 18 heavy (non-hydrogen) atoms. The number of carbonyl (C=O) groups is 1. The van der Waals surface area contributed by atoms with Crippen LogP contribution >= 0.6 is 0 Å². The van der Waals surface area contributed by atoms with Gasteiger partial charge in [0.15, 0.2) is 5.78 Å². The van der Waals surface area contributed by atoms with Crippen molar-refractivity contribution in [1.82, 2.24) is 0 Å². The summed E-state index contributed by atoms with van der Waals surface area (Å²) in [5.74, 6) is 0.735. The maximum atomic E-state index is 11.8. The van der Waals surface area contributed by atoms with Crippen molar-refractivity contribution in [3.63, 3.8) is 0 Å². The maximum absolute atomic E-state index is 11.8. The van der Waals surface area contributed by atoms with Crippen LogP contribution in [-0.2, 0) is 4.79 Å². The highest BCUT2D eigenvalue weighted by Gasteiger charge is 2.21. The molecule has 0 aliphatic carbocycles. The molecule has 0 aliphatic rings. The highest BCUT2D eigenvalue weighted by Crippen LogP contribution is 2.30. The molecule has 1 atom stereocenters. The lowest BCUT2D eigenvalue weighted by Crippen LogP contribution is -2.17. The molecule has 0 heterocycles. The van der Waals surface area contributed by atoms with Gasteiger partial charge < -0.3 is 9.84 Å². The second-order valence-electron chi connectivity index (χ2n) is 5.12. The molecule has 0 fully saturated rings. The molecule has 1 aromatic carbocycles. The van der Waals surface area contributed by atoms with E-state index in [1.54, 1.807) is 27.0 Å². The first-order chi connectivity index (χ1) is 8.38. The van der Waals surface area contributed by atoms with Crippen molar-refractivity contribution >= 4 is 5.78 Å². The summed E-state index contributed by atoms with van der Waals surface area (Å²) in [5.41, 5.74) is 1.64.